The highest BCUT2D eigenvalue weighted by Gasteiger charge is 1.96. The van der Waals surface area contributed by atoms with Crippen molar-refractivity contribution in [2.24, 2.45) is 0 Å². The monoisotopic (exact) mass is 165 g/mol. The molecule has 0 aromatic carbocycles. The van der Waals surface area contributed by atoms with E-state index >= 15 is 0 Å². The molecule has 1 amide bonds. The van der Waals surface area contributed by atoms with Crippen molar-refractivity contribution >= 4 is 21.8 Å². The van der Waals surface area contributed by atoms with E-state index in [0.717, 1.165) is 0 Å². The lowest BCUT2D eigenvalue weighted by molar-refractivity contribution is -0.125. The average molecular weight is 166 g/mol. The minimum Gasteiger partial charge on any atom is -0.348 e. The molecule has 42 valence electrons. The molecule has 0 N–H and O–H groups in total. The number of rotatable bonds is 1. The van der Waals surface area contributed by atoms with Crippen LogP contribution in [0, 0.1) is 0 Å². The average Bonchev–Trinajstić information content (AvgIpc) is 1.65. The van der Waals surface area contributed by atoms with Gasteiger partial charge in [0.2, 0.25) is 5.91 Å². The van der Waals surface area contributed by atoms with Crippen LogP contribution in [0.1, 0.15) is 0 Å². The lowest BCUT2D eigenvalue weighted by Crippen LogP contribution is -2.22. The predicted octanol–water partition coefficient (Wildman–Crippen LogP) is 0.469. The highest BCUT2D eigenvalue weighted by Crippen LogP contribution is 1.83. The third-order valence-electron chi connectivity index (χ3n) is 0.613. The zero-order valence-corrected chi connectivity index (χ0v) is 6.03. The van der Waals surface area contributed by atoms with Crippen LogP contribution in [0.15, 0.2) is 0 Å². The van der Waals surface area contributed by atoms with E-state index in [9.17, 15) is 4.79 Å². The number of hydrogen-bond donors (Lipinski definition) is 0. The van der Waals surface area contributed by atoms with Gasteiger partial charge >= 0.3 is 0 Å². The molecule has 0 saturated heterocycles. The normalized spacial score (nSPS) is 8.43. The van der Waals surface area contributed by atoms with Crippen molar-refractivity contribution < 1.29 is 4.79 Å². The van der Waals surface area contributed by atoms with Crippen LogP contribution in [0.5, 0.6) is 0 Å². The van der Waals surface area contributed by atoms with E-state index in [1.54, 1.807) is 14.1 Å². The van der Waals surface area contributed by atoms with Gasteiger partial charge in [0, 0.05) is 14.1 Å². The number of hydrogen-bond acceptors (Lipinski definition) is 1. The van der Waals surface area contributed by atoms with Crippen LogP contribution in [0.2, 0.25) is 0 Å². The van der Waals surface area contributed by atoms with Gasteiger partial charge in [-0.2, -0.15) is 0 Å². The Morgan fingerprint density at radius 2 is 2.14 bits per heavy atom. The van der Waals surface area contributed by atoms with E-state index in [2.05, 4.69) is 15.9 Å². The molecule has 0 unspecified atom stereocenters. The first-order chi connectivity index (χ1) is 3.18. The van der Waals surface area contributed by atoms with Crippen LogP contribution in [-0.2, 0) is 4.79 Å². The number of halogens is 1. The van der Waals surface area contributed by atoms with Gasteiger partial charge in [-0.25, -0.2) is 0 Å². The maximum Gasteiger partial charge on any atom is 0.232 e. The molecule has 2 nitrogen and oxygen atoms in total. The van der Waals surface area contributed by atoms with Gasteiger partial charge in [-0.3, -0.25) is 4.79 Å². The van der Waals surface area contributed by atoms with Crippen LogP contribution in [0.25, 0.3) is 0 Å². The highest BCUT2D eigenvalue weighted by atomic mass is 79.9. The second-order valence-electron chi connectivity index (χ2n) is 1.42. The summed E-state index contributed by atoms with van der Waals surface area (Å²) in [5, 5.41) is 0.417. The Kier molecular flexibility index (Phi) is 3.00. The van der Waals surface area contributed by atoms with Crippen LogP contribution in [0.3, 0.4) is 0 Å². The number of nitrogens with zero attached hydrogens (tertiary/aromatic N) is 1. The second-order valence-corrected chi connectivity index (χ2v) is 1.98. The maximum absolute atomic E-state index is 10.4. The molecule has 0 spiro atoms. The van der Waals surface area contributed by atoms with Crippen LogP contribution < -0.4 is 0 Å². The van der Waals surface area contributed by atoms with Crippen LogP contribution in [0.4, 0.5) is 0 Å². The summed E-state index contributed by atoms with van der Waals surface area (Å²) < 4.78 is 0. The SMILES string of the molecule is CN(C)C(=O)CBr. The Balaban J connectivity index is 3.35. The molecule has 0 aliphatic rings. The third-order valence-corrected chi connectivity index (χ3v) is 1.09. The highest BCUT2D eigenvalue weighted by molar-refractivity contribution is 9.09. The topological polar surface area (TPSA) is 20.3 Å². The van der Waals surface area contributed by atoms with E-state index < -0.39 is 0 Å². The van der Waals surface area contributed by atoms with Gasteiger partial charge in [-0.15, -0.1) is 0 Å². The fraction of sp³-hybridized carbons (Fsp3) is 0.750. The van der Waals surface area contributed by atoms with Gasteiger partial charge < -0.3 is 4.90 Å². The summed E-state index contributed by atoms with van der Waals surface area (Å²) in [6.07, 6.45) is 0. The van der Waals surface area contributed by atoms with E-state index in [0.29, 0.717) is 5.33 Å². The molecular weight excluding hydrogens is 158 g/mol. The fourth-order valence-corrected chi connectivity index (χ4v) is 0.621. The Bertz CT molecular complexity index is 72.1. The molecule has 0 fully saturated rings. The molecule has 0 aliphatic heterocycles. The molecule has 0 aromatic rings. The summed E-state index contributed by atoms with van der Waals surface area (Å²) >= 11 is 3.02. The van der Waals surface area contributed by atoms with Gasteiger partial charge in [0.05, 0.1) is 5.33 Å². The van der Waals surface area contributed by atoms with Crippen molar-refractivity contribution in [2.75, 3.05) is 19.4 Å². The van der Waals surface area contributed by atoms with E-state index in [4.69, 9.17) is 0 Å². The quantitative estimate of drug-likeness (QED) is 0.518. The summed E-state index contributed by atoms with van der Waals surface area (Å²) in [4.78, 5) is 11.9. The zero-order valence-electron chi connectivity index (χ0n) is 4.44. The first-order valence-corrected chi connectivity index (χ1v) is 3.06. The van der Waals surface area contributed by atoms with Crippen LogP contribution in [-0.4, -0.2) is 30.2 Å². The Labute approximate surface area is 51.6 Å². The molecule has 0 rings (SSSR count). The molecule has 0 atom stereocenters. The molecular formula is C4H8BrNO. The van der Waals surface area contributed by atoms with Gasteiger partial charge in [0.25, 0.3) is 0 Å². The van der Waals surface area contributed by atoms with E-state index in [1.807, 2.05) is 0 Å². The van der Waals surface area contributed by atoms with Gasteiger partial charge in [0.1, 0.15) is 0 Å². The lowest BCUT2D eigenvalue weighted by Gasteiger charge is -2.05. The number of alkyl halides is 1. The van der Waals surface area contributed by atoms with Crippen molar-refractivity contribution in [3.05, 3.63) is 0 Å². The zero-order chi connectivity index (χ0) is 5.86. The van der Waals surface area contributed by atoms with Crippen molar-refractivity contribution in [3.8, 4) is 0 Å². The van der Waals surface area contributed by atoms with E-state index in [-0.39, 0.29) is 5.91 Å². The van der Waals surface area contributed by atoms with Gasteiger partial charge in [0.15, 0.2) is 0 Å². The Morgan fingerprint density at radius 1 is 1.71 bits per heavy atom. The first-order valence-electron chi connectivity index (χ1n) is 1.94. The third kappa shape index (κ3) is 2.62. The van der Waals surface area contributed by atoms with Crippen molar-refractivity contribution in [1.29, 1.82) is 0 Å². The smallest absolute Gasteiger partial charge is 0.232 e. The van der Waals surface area contributed by atoms with Crippen molar-refractivity contribution in [2.45, 2.75) is 0 Å². The van der Waals surface area contributed by atoms with E-state index in [1.165, 1.54) is 4.90 Å². The van der Waals surface area contributed by atoms with Crippen molar-refractivity contribution in [3.63, 3.8) is 0 Å². The summed E-state index contributed by atoms with van der Waals surface area (Å²) in [5.74, 6) is 0.0972. The molecule has 7 heavy (non-hydrogen) atoms. The number of carbonyl (C=O) groups excluding carboxylic acids is 1. The Hall–Kier alpha value is -0.0500. The molecule has 0 heterocycles. The first kappa shape index (κ1) is 6.95. The summed E-state index contributed by atoms with van der Waals surface area (Å²) in [6.45, 7) is 0. The Morgan fingerprint density at radius 3 is 2.14 bits per heavy atom. The molecule has 3 heteroatoms. The summed E-state index contributed by atoms with van der Waals surface area (Å²) in [5.41, 5.74) is 0. The van der Waals surface area contributed by atoms with Crippen LogP contribution >= 0.6 is 15.9 Å². The standard InChI is InChI=1S/C4H8BrNO/c1-6(2)4(7)3-5/h3H2,1-2H3. The number of carbonyl (C=O) groups is 1. The number of amides is 1. The molecule has 0 radical (unpaired) electrons. The molecule has 0 aromatic heterocycles. The molecule has 0 bridgehead atoms. The summed E-state index contributed by atoms with van der Waals surface area (Å²) in [7, 11) is 3.45. The minimum atomic E-state index is 0.0972. The minimum absolute atomic E-state index is 0.0972. The largest absolute Gasteiger partial charge is 0.348 e. The lowest BCUT2D eigenvalue weighted by atomic mass is 10.6. The van der Waals surface area contributed by atoms with Crippen molar-refractivity contribution in [1.82, 2.24) is 4.90 Å². The molecule has 0 saturated carbocycles. The molecule has 0 aliphatic carbocycles. The maximum atomic E-state index is 10.4. The van der Waals surface area contributed by atoms with Gasteiger partial charge in [-0.1, -0.05) is 15.9 Å². The predicted molar refractivity (Wildman–Crippen MR) is 32.5 cm³/mol. The second kappa shape index (κ2) is 3.02. The fourth-order valence-electron chi connectivity index (χ4n) is 0.120. The summed E-state index contributed by atoms with van der Waals surface area (Å²) in [6, 6.07) is 0. The van der Waals surface area contributed by atoms with Gasteiger partial charge in [-0.05, 0) is 0 Å².